The highest BCUT2D eigenvalue weighted by Crippen LogP contribution is 2.22. The molecule has 0 radical (unpaired) electrons. The van der Waals surface area contributed by atoms with Gasteiger partial charge in [0.2, 0.25) is 11.7 Å². The molecule has 1 saturated heterocycles. The van der Waals surface area contributed by atoms with E-state index >= 15 is 0 Å². The first-order valence-corrected chi connectivity index (χ1v) is 6.49. The third kappa shape index (κ3) is 2.69. The maximum Gasteiger partial charge on any atom is 0.241 e. The van der Waals surface area contributed by atoms with E-state index in [4.69, 9.17) is 8.94 Å². The summed E-state index contributed by atoms with van der Waals surface area (Å²) in [5.74, 6) is 2.01. The molecule has 19 heavy (non-hydrogen) atoms. The largest absolute Gasteiger partial charge is 0.461 e. The second-order valence-corrected chi connectivity index (χ2v) is 5.01. The first-order valence-electron chi connectivity index (χ1n) is 6.49. The molecule has 1 fully saturated rings. The second kappa shape index (κ2) is 5.14. The Morgan fingerprint density at radius 2 is 2.47 bits per heavy atom. The summed E-state index contributed by atoms with van der Waals surface area (Å²) >= 11 is 0. The lowest BCUT2D eigenvalue weighted by atomic mass is 10.0. The van der Waals surface area contributed by atoms with E-state index in [1.165, 1.54) is 0 Å². The molecule has 2 aromatic heterocycles. The SMILES string of the molecule is CC(O)C1CCN(Cc2nc(-c3ccco3)no2)C1. The van der Waals surface area contributed by atoms with Crippen molar-refractivity contribution >= 4 is 0 Å². The minimum Gasteiger partial charge on any atom is -0.461 e. The molecule has 0 aliphatic carbocycles. The standard InChI is InChI=1S/C13H17N3O3/c1-9(17)10-4-5-16(7-10)8-12-14-13(15-19-12)11-3-2-6-18-11/h2-3,6,9-10,17H,4-5,7-8H2,1H3. The first kappa shape index (κ1) is 12.4. The third-order valence-corrected chi connectivity index (χ3v) is 3.56. The number of rotatable bonds is 4. The maximum atomic E-state index is 9.57. The average molecular weight is 263 g/mol. The number of hydrogen-bond donors (Lipinski definition) is 1. The lowest BCUT2D eigenvalue weighted by Gasteiger charge is -2.15. The highest BCUT2D eigenvalue weighted by atomic mass is 16.5. The van der Waals surface area contributed by atoms with Gasteiger partial charge in [0.1, 0.15) is 0 Å². The summed E-state index contributed by atoms with van der Waals surface area (Å²) in [5.41, 5.74) is 0. The van der Waals surface area contributed by atoms with Crippen LogP contribution in [0.2, 0.25) is 0 Å². The Kier molecular flexibility index (Phi) is 3.35. The van der Waals surface area contributed by atoms with Gasteiger partial charge >= 0.3 is 0 Å². The van der Waals surface area contributed by atoms with Gasteiger partial charge in [-0.15, -0.1) is 0 Å². The molecule has 3 rings (SSSR count). The minimum absolute atomic E-state index is 0.258. The number of aliphatic hydroxyl groups excluding tert-OH is 1. The summed E-state index contributed by atoms with van der Waals surface area (Å²) in [5, 5.41) is 13.5. The van der Waals surface area contributed by atoms with Crippen LogP contribution in [0.4, 0.5) is 0 Å². The quantitative estimate of drug-likeness (QED) is 0.901. The van der Waals surface area contributed by atoms with Gasteiger partial charge in [0.15, 0.2) is 5.76 Å². The van der Waals surface area contributed by atoms with Gasteiger partial charge < -0.3 is 14.0 Å². The van der Waals surface area contributed by atoms with Gasteiger partial charge in [0.05, 0.1) is 18.9 Å². The van der Waals surface area contributed by atoms with Crippen LogP contribution in [0.5, 0.6) is 0 Å². The van der Waals surface area contributed by atoms with Gasteiger partial charge in [-0.3, -0.25) is 4.90 Å². The average Bonchev–Trinajstić information content (AvgIpc) is 3.09. The molecule has 2 aromatic rings. The van der Waals surface area contributed by atoms with Crippen molar-refractivity contribution < 1.29 is 14.0 Å². The number of likely N-dealkylation sites (tertiary alicyclic amines) is 1. The summed E-state index contributed by atoms with van der Waals surface area (Å²) in [6.07, 6.45) is 2.34. The predicted molar refractivity (Wildman–Crippen MR) is 67.1 cm³/mol. The van der Waals surface area contributed by atoms with E-state index in [1.807, 2.05) is 6.92 Å². The zero-order chi connectivity index (χ0) is 13.2. The molecule has 0 bridgehead atoms. The molecular formula is C13H17N3O3. The number of aliphatic hydroxyl groups is 1. The topological polar surface area (TPSA) is 75.5 Å². The van der Waals surface area contributed by atoms with Crippen LogP contribution in [0.1, 0.15) is 19.2 Å². The lowest BCUT2D eigenvalue weighted by Crippen LogP contribution is -2.24. The Labute approximate surface area is 111 Å². The number of hydrogen-bond acceptors (Lipinski definition) is 6. The van der Waals surface area contributed by atoms with Crippen molar-refractivity contribution in [2.75, 3.05) is 13.1 Å². The molecule has 6 heteroatoms. The Hall–Kier alpha value is -1.66. The van der Waals surface area contributed by atoms with Crippen LogP contribution < -0.4 is 0 Å². The second-order valence-electron chi connectivity index (χ2n) is 5.01. The van der Waals surface area contributed by atoms with Crippen molar-refractivity contribution in [1.29, 1.82) is 0 Å². The van der Waals surface area contributed by atoms with E-state index in [2.05, 4.69) is 15.0 Å². The zero-order valence-corrected chi connectivity index (χ0v) is 10.8. The van der Waals surface area contributed by atoms with E-state index in [9.17, 15) is 5.11 Å². The van der Waals surface area contributed by atoms with Gasteiger partial charge in [-0.2, -0.15) is 4.98 Å². The van der Waals surface area contributed by atoms with Crippen LogP contribution in [0.15, 0.2) is 27.3 Å². The van der Waals surface area contributed by atoms with Crippen LogP contribution in [0.25, 0.3) is 11.6 Å². The zero-order valence-electron chi connectivity index (χ0n) is 10.8. The smallest absolute Gasteiger partial charge is 0.241 e. The Morgan fingerprint density at radius 3 is 3.16 bits per heavy atom. The Balaban J connectivity index is 1.62. The van der Waals surface area contributed by atoms with Crippen LogP contribution in [0, 0.1) is 5.92 Å². The van der Waals surface area contributed by atoms with Gasteiger partial charge in [0.25, 0.3) is 0 Å². The number of nitrogens with zero attached hydrogens (tertiary/aromatic N) is 3. The highest BCUT2D eigenvalue weighted by Gasteiger charge is 2.27. The molecule has 3 heterocycles. The van der Waals surface area contributed by atoms with Crippen molar-refractivity contribution in [2.45, 2.75) is 26.0 Å². The monoisotopic (exact) mass is 263 g/mol. The van der Waals surface area contributed by atoms with Gasteiger partial charge in [-0.05, 0) is 37.9 Å². The normalized spacial score (nSPS) is 21.9. The fraction of sp³-hybridized carbons (Fsp3) is 0.538. The van der Waals surface area contributed by atoms with E-state index in [0.29, 0.717) is 29.9 Å². The van der Waals surface area contributed by atoms with Crippen molar-refractivity contribution in [3.8, 4) is 11.6 Å². The summed E-state index contributed by atoms with van der Waals surface area (Å²) in [6, 6.07) is 3.59. The van der Waals surface area contributed by atoms with E-state index < -0.39 is 0 Å². The fourth-order valence-electron chi connectivity index (χ4n) is 2.42. The molecule has 1 aliphatic heterocycles. The van der Waals surface area contributed by atoms with Gasteiger partial charge in [-0.1, -0.05) is 5.16 Å². The van der Waals surface area contributed by atoms with Crippen LogP contribution in [-0.2, 0) is 6.54 Å². The van der Waals surface area contributed by atoms with Crippen LogP contribution in [0.3, 0.4) is 0 Å². The van der Waals surface area contributed by atoms with E-state index in [0.717, 1.165) is 19.5 Å². The Bertz CT molecular complexity index is 521. The summed E-state index contributed by atoms with van der Waals surface area (Å²) in [6.45, 7) is 4.29. The van der Waals surface area contributed by atoms with Crippen molar-refractivity contribution in [2.24, 2.45) is 5.92 Å². The van der Waals surface area contributed by atoms with Crippen molar-refractivity contribution in [1.82, 2.24) is 15.0 Å². The van der Waals surface area contributed by atoms with Crippen LogP contribution >= 0.6 is 0 Å². The molecule has 102 valence electrons. The van der Waals surface area contributed by atoms with Gasteiger partial charge in [0, 0.05) is 6.54 Å². The summed E-state index contributed by atoms with van der Waals surface area (Å²) in [7, 11) is 0. The Morgan fingerprint density at radius 1 is 1.58 bits per heavy atom. The van der Waals surface area contributed by atoms with E-state index in [1.54, 1.807) is 18.4 Å². The minimum atomic E-state index is -0.258. The molecule has 1 N–H and O–H groups in total. The predicted octanol–water partition coefficient (Wildman–Crippen LogP) is 1.53. The molecule has 6 nitrogen and oxygen atoms in total. The van der Waals surface area contributed by atoms with Crippen molar-refractivity contribution in [3.63, 3.8) is 0 Å². The fourth-order valence-corrected chi connectivity index (χ4v) is 2.42. The molecule has 2 atom stereocenters. The first-order chi connectivity index (χ1) is 9.22. The van der Waals surface area contributed by atoms with E-state index in [-0.39, 0.29) is 6.10 Å². The van der Waals surface area contributed by atoms with Gasteiger partial charge in [-0.25, -0.2) is 0 Å². The van der Waals surface area contributed by atoms with Crippen molar-refractivity contribution in [3.05, 3.63) is 24.3 Å². The molecule has 0 aromatic carbocycles. The lowest BCUT2D eigenvalue weighted by molar-refractivity contribution is 0.125. The van der Waals surface area contributed by atoms with Crippen LogP contribution in [-0.4, -0.2) is 39.3 Å². The number of aromatic nitrogens is 2. The molecule has 0 saturated carbocycles. The summed E-state index contributed by atoms with van der Waals surface area (Å²) in [4.78, 5) is 6.53. The summed E-state index contributed by atoms with van der Waals surface area (Å²) < 4.78 is 10.4. The highest BCUT2D eigenvalue weighted by molar-refractivity contribution is 5.44. The molecule has 1 aliphatic rings. The molecular weight excluding hydrogens is 246 g/mol. The molecule has 0 spiro atoms. The molecule has 0 amide bonds. The maximum absolute atomic E-state index is 9.57. The number of furan rings is 1. The third-order valence-electron chi connectivity index (χ3n) is 3.56. The molecule has 2 unspecified atom stereocenters.